The summed E-state index contributed by atoms with van der Waals surface area (Å²) in [6.07, 6.45) is 1.12. The lowest BCUT2D eigenvalue weighted by Gasteiger charge is -2.03. The molecule has 0 fully saturated rings. The number of nitrogens with zero attached hydrogens (tertiary/aromatic N) is 2. The van der Waals surface area contributed by atoms with Crippen LogP contribution in [-0.4, -0.2) is 24.5 Å². The van der Waals surface area contributed by atoms with Crippen molar-refractivity contribution in [2.75, 3.05) is 12.0 Å². The fraction of sp³-hybridized carbons (Fsp3) is 0.182. The Labute approximate surface area is 110 Å². The van der Waals surface area contributed by atoms with Gasteiger partial charge in [-0.1, -0.05) is 17.7 Å². The highest BCUT2D eigenvalue weighted by molar-refractivity contribution is 7.90. The average Bonchev–Trinajstić information content (AvgIpc) is 2.57. The van der Waals surface area contributed by atoms with Crippen LogP contribution in [0, 0.1) is 0 Å². The van der Waals surface area contributed by atoms with Gasteiger partial charge < -0.3 is 5.73 Å². The van der Waals surface area contributed by atoms with Crippen molar-refractivity contribution in [1.82, 2.24) is 9.78 Å². The molecule has 0 spiro atoms. The molecule has 0 unspecified atom stereocenters. The third kappa shape index (κ3) is 2.34. The molecule has 2 rings (SSSR count). The fourth-order valence-electron chi connectivity index (χ4n) is 1.58. The van der Waals surface area contributed by atoms with Crippen molar-refractivity contribution in [3.05, 3.63) is 29.3 Å². The predicted molar refractivity (Wildman–Crippen MR) is 71.2 cm³/mol. The van der Waals surface area contributed by atoms with Gasteiger partial charge in [0.15, 0.2) is 9.84 Å². The summed E-state index contributed by atoms with van der Waals surface area (Å²) in [7, 11) is -1.59. The van der Waals surface area contributed by atoms with Crippen molar-refractivity contribution < 1.29 is 8.42 Å². The molecule has 0 saturated carbocycles. The first-order valence-corrected chi connectivity index (χ1v) is 7.35. The molecule has 0 amide bonds. The molecule has 5 nitrogen and oxygen atoms in total. The lowest BCUT2D eigenvalue weighted by Crippen LogP contribution is -1.98. The number of aromatic nitrogens is 2. The minimum atomic E-state index is -3.32. The van der Waals surface area contributed by atoms with Crippen LogP contribution in [0.4, 0.5) is 5.82 Å². The molecule has 0 saturated heterocycles. The Kier molecular flexibility index (Phi) is 3.08. The molecule has 0 radical (unpaired) electrons. The number of hydrogen-bond donors (Lipinski definition) is 1. The van der Waals surface area contributed by atoms with E-state index in [1.165, 1.54) is 10.7 Å². The van der Waals surface area contributed by atoms with Gasteiger partial charge in [-0.2, -0.15) is 5.10 Å². The second-order valence-electron chi connectivity index (χ2n) is 4.00. The standard InChI is InChI=1S/C11H12ClN3O2S/c1-15-11(13)6-9(14-15)7-3-4-10(8(12)5-7)18(2,16)17/h3-6H,13H2,1-2H3. The van der Waals surface area contributed by atoms with Gasteiger partial charge in [0.25, 0.3) is 0 Å². The van der Waals surface area contributed by atoms with Crippen LogP contribution in [0.1, 0.15) is 0 Å². The molecule has 0 aliphatic rings. The largest absolute Gasteiger partial charge is 0.384 e. The molecule has 1 aromatic heterocycles. The Morgan fingerprint density at radius 3 is 2.44 bits per heavy atom. The van der Waals surface area contributed by atoms with Crippen molar-refractivity contribution >= 4 is 27.3 Å². The third-order valence-corrected chi connectivity index (χ3v) is 4.12. The molecule has 18 heavy (non-hydrogen) atoms. The van der Waals surface area contributed by atoms with E-state index >= 15 is 0 Å². The third-order valence-electron chi connectivity index (χ3n) is 2.54. The Morgan fingerprint density at radius 1 is 1.33 bits per heavy atom. The first kappa shape index (κ1) is 12.9. The summed E-state index contributed by atoms with van der Waals surface area (Å²) < 4.78 is 24.4. The van der Waals surface area contributed by atoms with Crippen LogP contribution in [0.2, 0.25) is 5.02 Å². The summed E-state index contributed by atoms with van der Waals surface area (Å²) in [5.74, 6) is 0.522. The second kappa shape index (κ2) is 4.29. The van der Waals surface area contributed by atoms with Gasteiger partial charge in [-0.25, -0.2) is 8.42 Å². The molecule has 0 atom stereocenters. The number of hydrogen-bond acceptors (Lipinski definition) is 4. The van der Waals surface area contributed by atoms with Gasteiger partial charge in [-0.15, -0.1) is 0 Å². The molecule has 2 N–H and O–H groups in total. The zero-order valence-corrected chi connectivity index (χ0v) is 11.5. The van der Waals surface area contributed by atoms with Gasteiger partial charge in [-0.05, 0) is 12.1 Å². The van der Waals surface area contributed by atoms with Crippen LogP contribution in [0.15, 0.2) is 29.2 Å². The minimum Gasteiger partial charge on any atom is -0.384 e. The van der Waals surface area contributed by atoms with Crippen LogP contribution in [-0.2, 0) is 16.9 Å². The summed E-state index contributed by atoms with van der Waals surface area (Å²) in [5, 5.41) is 4.38. The lowest BCUT2D eigenvalue weighted by atomic mass is 10.1. The Bertz CT molecular complexity index is 688. The molecular weight excluding hydrogens is 274 g/mol. The molecule has 1 heterocycles. The summed E-state index contributed by atoms with van der Waals surface area (Å²) >= 11 is 5.97. The van der Waals surface area contributed by atoms with E-state index in [0.717, 1.165) is 11.8 Å². The van der Waals surface area contributed by atoms with E-state index in [2.05, 4.69) is 5.10 Å². The van der Waals surface area contributed by atoms with Crippen LogP contribution < -0.4 is 5.73 Å². The van der Waals surface area contributed by atoms with E-state index in [-0.39, 0.29) is 9.92 Å². The number of aryl methyl sites for hydroxylation is 1. The van der Waals surface area contributed by atoms with Crippen molar-refractivity contribution in [2.24, 2.45) is 7.05 Å². The predicted octanol–water partition coefficient (Wildman–Crippen LogP) is 1.73. The number of sulfone groups is 1. The summed E-state index contributed by atoms with van der Waals surface area (Å²) in [6, 6.07) is 6.40. The van der Waals surface area contributed by atoms with Gasteiger partial charge in [0.05, 0.1) is 15.6 Å². The van der Waals surface area contributed by atoms with Gasteiger partial charge in [-0.3, -0.25) is 4.68 Å². The molecule has 1 aromatic carbocycles. The molecule has 0 aliphatic heterocycles. The van der Waals surface area contributed by atoms with Crippen LogP contribution in [0.5, 0.6) is 0 Å². The zero-order chi connectivity index (χ0) is 13.5. The van der Waals surface area contributed by atoms with E-state index in [0.29, 0.717) is 11.5 Å². The maximum atomic E-state index is 11.4. The zero-order valence-electron chi connectivity index (χ0n) is 9.88. The number of halogens is 1. The minimum absolute atomic E-state index is 0.108. The smallest absolute Gasteiger partial charge is 0.176 e. The maximum absolute atomic E-state index is 11.4. The molecule has 7 heteroatoms. The number of anilines is 1. The fourth-order valence-corrected chi connectivity index (χ4v) is 2.91. The number of benzene rings is 1. The SMILES string of the molecule is Cn1nc(-c2ccc(S(C)(=O)=O)c(Cl)c2)cc1N. The lowest BCUT2D eigenvalue weighted by molar-refractivity contribution is 0.602. The number of nitrogen functional groups attached to an aromatic ring is 1. The van der Waals surface area contributed by atoms with Crippen molar-refractivity contribution in [3.63, 3.8) is 0 Å². The number of rotatable bonds is 2. The highest BCUT2D eigenvalue weighted by Crippen LogP contribution is 2.28. The van der Waals surface area contributed by atoms with Crippen molar-refractivity contribution in [1.29, 1.82) is 0 Å². The normalized spacial score (nSPS) is 11.7. The molecule has 2 aromatic rings. The van der Waals surface area contributed by atoms with Gasteiger partial charge in [0, 0.05) is 24.9 Å². The summed E-state index contributed by atoms with van der Waals surface area (Å²) in [6.45, 7) is 0. The van der Waals surface area contributed by atoms with E-state index in [4.69, 9.17) is 17.3 Å². The van der Waals surface area contributed by atoms with E-state index in [9.17, 15) is 8.42 Å². The first-order chi connectivity index (χ1) is 8.29. The molecule has 96 valence electrons. The van der Waals surface area contributed by atoms with Gasteiger partial charge in [0.1, 0.15) is 5.82 Å². The van der Waals surface area contributed by atoms with Crippen LogP contribution >= 0.6 is 11.6 Å². The Morgan fingerprint density at radius 2 is 2.00 bits per heavy atom. The second-order valence-corrected chi connectivity index (χ2v) is 6.39. The highest BCUT2D eigenvalue weighted by Gasteiger charge is 2.14. The number of nitrogens with two attached hydrogens (primary N) is 1. The van der Waals surface area contributed by atoms with Gasteiger partial charge in [0.2, 0.25) is 0 Å². The van der Waals surface area contributed by atoms with Crippen molar-refractivity contribution in [3.8, 4) is 11.3 Å². The van der Waals surface area contributed by atoms with Crippen LogP contribution in [0.25, 0.3) is 11.3 Å². The quantitative estimate of drug-likeness (QED) is 0.911. The van der Waals surface area contributed by atoms with E-state index < -0.39 is 9.84 Å². The Hall–Kier alpha value is -1.53. The molecular formula is C11H12ClN3O2S. The van der Waals surface area contributed by atoms with Gasteiger partial charge >= 0.3 is 0 Å². The Balaban J connectivity index is 2.53. The summed E-state index contributed by atoms with van der Waals surface area (Å²) in [5.41, 5.74) is 7.06. The van der Waals surface area contributed by atoms with E-state index in [1.807, 2.05) is 0 Å². The first-order valence-electron chi connectivity index (χ1n) is 5.08. The molecule has 0 bridgehead atoms. The summed E-state index contributed by atoms with van der Waals surface area (Å²) in [4.78, 5) is 0.108. The average molecular weight is 286 g/mol. The van der Waals surface area contributed by atoms with Crippen LogP contribution in [0.3, 0.4) is 0 Å². The highest BCUT2D eigenvalue weighted by atomic mass is 35.5. The molecule has 0 aliphatic carbocycles. The van der Waals surface area contributed by atoms with E-state index in [1.54, 1.807) is 25.2 Å². The topological polar surface area (TPSA) is 78.0 Å². The maximum Gasteiger partial charge on any atom is 0.176 e. The van der Waals surface area contributed by atoms with Crippen molar-refractivity contribution in [2.45, 2.75) is 4.90 Å². The monoisotopic (exact) mass is 285 g/mol.